The largest absolute Gasteiger partial charge is 0.464 e. The Labute approximate surface area is 381 Å². The van der Waals surface area contributed by atoms with Crippen LogP contribution in [-0.2, 0) is 57.6 Å². The van der Waals surface area contributed by atoms with Gasteiger partial charge in [0, 0.05) is 67.7 Å². The minimum atomic E-state index is -1.08. The monoisotopic (exact) mass is 889 g/mol. The first-order valence-corrected chi connectivity index (χ1v) is 22.7. The van der Waals surface area contributed by atoms with Crippen LogP contribution in [0.15, 0.2) is 73.4 Å². The maximum Gasteiger partial charge on any atom is 0.324 e. The molecule has 4 amide bonds. The molecule has 6 bridgehead atoms. The number of nitrogens with one attached hydrogen (secondary N) is 2. The minimum absolute atomic E-state index is 0.0176. The van der Waals surface area contributed by atoms with Crippen LogP contribution in [0.4, 0.5) is 0 Å². The second kappa shape index (κ2) is 20.1. The highest BCUT2D eigenvalue weighted by Gasteiger charge is 2.39. The number of aryl methyl sites for hydroxylation is 1. The van der Waals surface area contributed by atoms with E-state index < -0.39 is 41.3 Å². The van der Waals surface area contributed by atoms with Gasteiger partial charge in [-0.15, -0.1) is 0 Å². The van der Waals surface area contributed by atoms with Crippen LogP contribution in [-0.4, -0.2) is 112 Å². The summed E-state index contributed by atoms with van der Waals surface area (Å²) >= 11 is 0. The second-order valence-electron chi connectivity index (χ2n) is 18.4. The van der Waals surface area contributed by atoms with Crippen LogP contribution in [0.2, 0.25) is 0 Å². The molecule has 3 aliphatic rings. The molecule has 3 aliphatic heterocycles. The van der Waals surface area contributed by atoms with Gasteiger partial charge in [-0.1, -0.05) is 64.6 Å². The summed E-state index contributed by atoms with van der Waals surface area (Å²) in [5.74, 6) is -2.48. The summed E-state index contributed by atoms with van der Waals surface area (Å²) in [6.07, 6.45) is 4.39. The molecule has 0 saturated carbocycles. The van der Waals surface area contributed by atoms with Crippen molar-refractivity contribution in [1.29, 1.82) is 0 Å². The fraction of sp³-hybridized carbons (Fsp3) is 0.480. The second-order valence-corrected chi connectivity index (χ2v) is 18.4. The number of hydrogen-bond donors (Lipinski definition) is 2. The van der Waals surface area contributed by atoms with E-state index in [4.69, 9.17) is 19.2 Å². The number of nitrogens with zero attached hydrogens (tertiary/aromatic N) is 5. The zero-order valence-corrected chi connectivity index (χ0v) is 38.7. The van der Waals surface area contributed by atoms with Crippen molar-refractivity contribution in [3.8, 4) is 22.4 Å². The average Bonchev–Trinajstić information content (AvgIpc) is 3.60. The topological polar surface area (TPSA) is 165 Å². The standard InChI is InChI=1S/C50H63N7O8/c1-9-42(58)54-23-20-43(59)56(30-64-29-54)45(31(3)4)47(60)52-40-25-33-14-11-15-34(24-33)35-18-19-41-37(26-35)38(46(55(41)10-2)36-16-12-21-51-44(36)32(5)63-8)27-50(6,7)28-65-49(62)39-17-13-22-57(53-39)48(40)61/h9,11-12,14-16,18-19,21,24,26,31-32,39-40,45,53H,1,10,13,17,20,22-23,25,27-30H2,2-8H3,(H,52,60)/t32-,39-,40-,45?/m0/s1. The fourth-order valence-corrected chi connectivity index (χ4v) is 9.35. The van der Waals surface area contributed by atoms with Crippen molar-refractivity contribution < 1.29 is 38.2 Å². The third-order valence-electron chi connectivity index (χ3n) is 12.7. The molecule has 7 rings (SSSR count). The smallest absolute Gasteiger partial charge is 0.324 e. The van der Waals surface area contributed by atoms with Gasteiger partial charge in [0.15, 0.2) is 0 Å². The van der Waals surface area contributed by atoms with Crippen LogP contribution in [0.1, 0.15) is 83.7 Å². The molecule has 2 saturated heterocycles. The number of methoxy groups -OCH3 is 1. The quantitative estimate of drug-likeness (QED) is 0.152. The van der Waals surface area contributed by atoms with Gasteiger partial charge < -0.3 is 33.9 Å². The molecule has 2 fully saturated rings. The Kier molecular flexibility index (Phi) is 14.6. The zero-order chi connectivity index (χ0) is 46.6. The number of cyclic esters (lactones) is 1. The molecule has 346 valence electrons. The van der Waals surface area contributed by atoms with E-state index in [0.717, 1.165) is 50.1 Å². The van der Waals surface area contributed by atoms with Crippen LogP contribution in [0, 0.1) is 11.3 Å². The molecule has 0 spiro atoms. The molecule has 0 radical (unpaired) electrons. The molecule has 65 heavy (non-hydrogen) atoms. The van der Waals surface area contributed by atoms with E-state index in [1.54, 1.807) is 13.3 Å². The first-order chi connectivity index (χ1) is 31.1. The van der Waals surface area contributed by atoms with Gasteiger partial charge in [-0.25, -0.2) is 5.43 Å². The number of benzene rings is 2. The molecule has 2 aromatic heterocycles. The molecule has 4 aromatic rings. The zero-order valence-electron chi connectivity index (χ0n) is 38.7. The summed E-state index contributed by atoms with van der Waals surface area (Å²) in [6, 6.07) is 15.6. The highest BCUT2D eigenvalue weighted by Crippen LogP contribution is 2.42. The van der Waals surface area contributed by atoms with Crippen molar-refractivity contribution in [3.05, 3.63) is 90.3 Å². The number of carbonyl (C=O) groups is 5. The van der Waals surface area contributed by atoms with Gasteiger partial charge in [0.1, 0.15) is 31.6 Å². The van der Waals surface area contributed by atoms with E-state index in [9.17, 15) is 24.0 Å². The molecule has 2 N–H and O–H groups in total. The molecule has 1 unspecified atom stereocenters. The summed E-state index contributed by atoms with van der Waals surface area (Å²) in [5, 5.41) is 5.52. The first kappa shape index (κ1) is 47.1. The Morgan fingerprint density at radius 2 is 1.83 bits per heavy atom. The Balaban J connectivity index is 1.30. The number of amides is 4. The molecular formula is C50H63N7O8. The summed E-state index contributed by atoms with van der Waals surface area (Å²) in [7, 11) is 1.68. The summed E-state index contributed by atoms with van der Waals surface area (Å²) in [5.41, 5.74) is 10.4. The Bertz CT molecular complexity index is 2440. The summed E-state index contributed by atoms with van der Waals surface area (Å²) in [4.78, 5) is 76.6. The molecule has 2 aromatic carbocycles. The van der Waals surface area contributed by atoms with Gasteiger partial charge in [0.25, 0.3) is 5.91 Å². The molecule has 4 atom stereocenters. The fourth-order valence-electron chi connectivity index (χ4n) is 9.35. The van der Waals surface area contributed by atoms with Crippen molar-refractivity contribution >= 4 is 40.5 Å². The van der Waals surface area contributed by atoms with E-state index >= 15 is 0 Å². The molecule has 5 heterocycles. The predicted molar refractivity (Wildman–Crippen MR) is 246 cm³/mol. The number of fused-ring (bicyclic) bond motifs is 6. The summed E-state index contributed by atoms with van der Waals surface area (Å²) < 4.78 is 20.0. The van der Waals surface area contributed by atoms with Crippen molar-refractivity contribution in [2.75, 3.05) is 40.3 Å². The van der Waals surface area contributed by atoms with Crippen molar-refractivity contribution in [2.24, 2.45) is 11.3 Å². The van der Waals surface area contributed by atoms with E-state index in [-0.39, 0.29) is 63.3 Å². The third kappa shape index (κ3) is 10.2. The lowest BCUT2D eigenvalue weighted by Crippen LogP contribution is -2.62. The lowest BCUT2D eigenvalue weighted by molar-refractivity contribution is -0.159. The maximum absolute atomic E-state index is 14.7. The lowest BCUT2D eigenvalue weighted by atomic mass is 9.84. The number of ether oxygens (including phenoxy) is 3. The lowest BCUT2D eigenvalue weighted by Gasteiger charge is -2.38. The number of aromatic nitrogens is 2. The number of esters is 1. The number of rotatable bonds is 9. The van der Waals surface area contributed by atoms with Gasteiger partial charge in [-0.2, -0.15) is 0 Å². The Morgan fingerprint density at radius 1 is 1.05 bits per heavy atom. The van der Waals surface area contributed by atoms with Gasteiger partial charge in [0.2, 0.25) is 17.7 Å². The molecule has 0 aliphatic carbocycles. The highest BCUT2D eigenvalue weighted by molar-refractivity contribution is 5.96. The maximum atomic E-state index is 14.7. The Morgan fingerprint density at radius 3 is 2.57 bits per heavy atom. The average molecular weight is 890 g/mol. The van der Waals surface area contributed by atoms with Crippen LogP contribution in [0.3, 0.4) is 0 Å². The van der Waals surface area contributed by atoms with Gasteiger partial charge >= 0.3 is 5.97 Å². The minimum Gasteiger partial charge on any atom is -0.464 e. The van der Waals surface area contributed by atoms with Crippen molar-refractivity contribution in [3.63, 3.8) is 0 Å². The first-order valence-electron chi connectivity index (χ1n) is 22.7. The number of hydrazine groups is 1. The summed E-state index contributed by atoms with van der Waals surface area (Å²) in [6.45, 7) is 16.5. The van der Waals surface area contributed by atoms with Crippen LogP contribution in [0.25, 0.3) is 33.3 Å². The third-order valence-corrected chi connectivity index (χ3v) is 12.7. The SMILES string of the molecule is C=CC(=O)N1CCC(=O)N(C(C(=O)N[C@H]2Cc3cccc(c3)-c3ccc4c(c3)c(c(-c3cccnc3[C@H](C)OC)n4CC)CC(C)(C)COC(=O)[C@@H]3CCCN(N3)C2=O)C(C)C)COC1. The molecule has 15 heteroatoms. The van der Waals surface area contributed by atoms with Crippen molar-refractivity contribution in [1.82, 2.24) is 35.1 Å². The number of pyridine rings is 1. The number of hydrogen-bond acceptors (Lipinski definition) is 10. The van der Waals surface area contributed by atoms with Crippen molar-refractivity contribution in [2.45, 2.75) is 104 Å². The van der Waals surface area contributed by atoms with E-state index in [0.29, 0.717) is 32.4 Å². The van der Waals surface area contributed by atoms with E-state index in [1.807, 2.05) is 51.1 Å². The van der Waals surface area contributed by atoms with Gasteiger partial charge in [-0.3, -0.25) is 34.0 Å². The normalized spacial score (nSPS) is 20.7. The van der Waals surface area contributed by atoms with E-state index in [1.165, 1.54) is 20.9 Å². The van der Waals surface area contributed by atoms with Gasteiger partial charge in [-0.05, 0) is 91.6 Å². The van der Waals surface area contributed by atoms with Gasteiger partial charge in [0.05, 0.1) is 24.1 Å². The van der Waals surface area contributed by atoms with Crippen LogP contribution >= 0.6 is 0 Å². The van der Waals surface area contributed by atoms with E-state index in [2.05, 4.69) is 66.9 Å². The predicted octanol–water partition coefficient (Wildman–Crippen LogP) is 5.95. The van der Waals surface area contributed by atoms with Crippen LogP contribution < -0.4 is 10.7 Å². The Hall–Kier alpha value is -5.90. The van der Waals surface area contributed by atoms with Crippen LogP contribution in [0.5, 0.6) is 0 Å². The number of carbonyl (C=O) groups excluding carboxylic acids is 5. The molecule has 15 nitrogen and oxygen atoms in total. The highest BCUT2D eigenvalue weighted by atomic mass is 16.5. The molecular weight excluding hydrogens is 827 g/mol.